The van der Waals surface area contributed by atoms with Gasteiger partial charge in [-0.1, -0.05) is 36.5 Å². The first kappa shape index (κ1) is 15.0. The van der Waals surface area contributed by atoms with E-state index in [2.05, 4.69) is 17.0 Å². The zero-order valence-electron chi connectivity index (χ0n) is 11.8. The minimum absolute atomic E-state index is 0.0846. The fraction of sp³-hybridized carbons (Fsp3) is 0.533. The number of rotatable bonds is 3. The van der Waals surface area contributed by atoms with E-state index >= 15 is 0 Å². The van der Waals surface area contributed by atoms with Crippen molar-refractivity contribution in [2.24, 2.45) is 10.9 Å². The summed E-state index contributed by atoms with van der Waals surface area (Å²) in [6.07, 6.45) is 6.11. The largest absolute Gasteiger partial charge is 0.409 e. The summed E-state index contributed by atoms with van der Waals surface area (Å²) in [5.74, 6) is 0.0846. The highest BCUT2D eigenvalue weighted by Gasteiger charge is 2.21. The summed E-state index contributed by atoms with van der Waals surface area (Å²) in [5, 5.41) is 12.4. The zero-order valence-corrected chi connectivity index (χ0v) is 12.6. The number of nitrogens with zero attached hydrogens (tertiary/aromatic N) is 2. The van der Waals surface area contributed by atoms with Crippen LogP contribution in [0.5, 0.6) is 0 Å². The second kappa shape index (κ2) is 6.84. The molecule has 1 unspecified atom stereocenters. The summed E-state index contributed by atoms with van der Waals surface area (Å²) in [6, 6.07) is 6.14. The highest BCUT2D eigenvalue weighted by atomic mass is 35.5. The molecule has 0 spiro atoms. The van der Waals surface area contributed by atoms with E-state index in [1.54, 1.807) is 6.07 Å². The maximum atomic E-state index is 8.72. The van der Waals surface area contributed by atoms with Crippen molar-refractivity contribution >= 4 is 23.1 Å². The summed E-state index contributed by atoms with van der Waals surface area (Å²) in [7, 11) is 0. The van der Waals surface area contributed by atoms with Crippen LogP contribution in [0.4, 0.5) is 5.69 Å². The number of halogens is 1. The maximum absolute atomic E-state index is 8.72. The van der Waals surface area contributed by atoms with E-state index in [9.17, 15) is 0 Å². The third-order valence-corrected chi connectivity index (χ3v) is 4.31. The molecule has 1 fully saturated rings. The van der Waals surface area contributed by atoms with Gasteiger partial charge in [-0.3, -0.25) is 0 Å². The molecule has 0 saturated carbocycles. The van der Waals surface area contributed by atoms with Crippen LogP contribution in [0.3, 0.4) is 0 Å². The van der Waals surface area contributed by atoms with Crippen LogP contribution in [0.15, 0.2) is 23.4 Å². The molecule has 0 radical (unpaired) electrons. The molecule has 5 heteroatoms. The Labute approximate surface area is 125 Å². The first-order chi connectivity index (χ1) is 9.67. The Bertz CT molecular complexity index is 490. The summed E-state index contributed by atoms with van der Waals surface area (Å²) in [4.78, 5) is 2.41. The molecule has 1 aromatic rings. The molecule has 3 N–H and O–H groups in total. The van der Waals surface area contributed by atoms with Crippen LogP contribution in [0.1, 0.15) is 44.6 Å². The first-order valence-corrected chi connectivity index (χ1v) is 7.59. The number of nitrogens with two attached hydrogens (primary N) is 1. The summed E-state index contributed by atoms with van der Waals surface area (Å²) in [6.45, 7) is 3.27. The van der Waals surface area contributed by atoms with Gasteiger partial charge in [0.05, 0.1) is 10.7 Å². The molecule has 4 nitrogen and oxygen atoms in total. The van der Waals surface area contributed by atoms with Gasteiger partial charge >= 0.3 is 0 Å². The predicted octanol–water partition coefficient (Wildman–Crippen LogP) is 3.59. The van der Waals surface area contributed by atoms with Gasteiger partial charge in [-0.25, -0.2) is 0 Å². The minimum atomic E-state index is 0.0846. The molecule has 0 aromatic heterocycles. The van der Waals surface area contributed by atoms with Crippen molar-refractivity contribution in [2.75, 3.05) is 11.4 Å². The summed E-state index contributed by atoms with van der Waals surface area (Å²) in [5.41, 5.74) is 7.29. The fourth-order valence-corrected chi connectivity index (χ4v) is 3.16. The van der Waals surface area contributed by atoms with Crippen molar-refractivity contribution in [1.29, 1.82) is 0 Å². The Kier molecular flexibility index (Phi) is 5.12. The normalized spacial score (nSPS) is 20.8. The van der Waals surface area contributed by atoms with Gasteiger partial charge < -0.3 is 15.8 Å². The topological polar surface area (TPSA) is 61.8 Å². The van der Waals surface area contributed by atoms with Gasteiger partial charge in [-0.2, -0.15) is 0 Å². The Morgan fingerprint density at radius 3 is 2.90 bits per heavy atom. The van der Waals surface area contributed by atoms with Gasteiger partial charge in [-0.05, 0) is 37.5 Å². The van der Waals surface area contributed by atoms with Gasteiger partial charge in [0.2, 0.25) is 0 Å². The van der Waals surface area contributed by atoms with Crippen molar-refractivity contribution in [1.82, 2.24) is 0 Å². The van der Waals surface area contributed by atoms with Crippen LogP contribution in [0.2, 0.25) is 5.02 Å². The van der Waals surface area contributed by atoms with E-state index in [0.29, 0.717) is 16.6 Å². The lowest BCUT2D eigenvalue weighted by Gasteiger charge is -2.32. The summed E-state index contributed by atoms with van der Waals surface area (Å²) >= 11 is 6.41. The van der Waals surface area contributed by atoms with Crippen LogP contribution in [-0.2, 0) is 0 Å². The second-order valence-corrected chi connectivity index (χ2v) is 5.66. The third kappa shape index (κ3) is 3.18. The number of oxime groups is 1. The van der Waals surface area contributed by atoms with Crippen molar-refractivity contribution in [3.05, 3.63) is 28.8 Å². The van der Waals surface area contributed by atoms with Crippen LogP contribution < -0.4 is 10.6 Å². The third-order valence-electron chi connectivity index (χ3n) is 4.01. The predicted molar refractivity (Wildman–Crippen MR) is 83.9 cm³/mol. The molecule has 1 atom stereocenters. The highest BCUT2D eigenvalue weighted by molar-refractivity contribution is 6.33. The second-order valence-electron chi connectivity index (χ2n) is 5.26. The molecule has 2 rings (SSSR count). The first-order valence-electron chi connectivity index (χ1n) is 7.21. The standard InChI is InChI=1S/C15H22ClN3O/c1-2-12-6-4-3-5-9-19(12)14-8-7-11(10-13(14)16)15(17)18-20/h7-8,10,12,20H,2-6,9H2,1H3,(H2,17,18). The molecule has 110 valence electrons. The minimum Gasteiger partial charge on any atom is -0.409 e. The Morgan fingerprint density at radius 2 is 2.25 bits per heavy atom. The molecule has 0 bridgehead atoms. The average Bonchev–Trinajstić information content (AvgIpc) is 2.71. The van der Waals surface area contributed by atoms with Gasteiger partial charge in [-0.15, -0.1) is 0 Å². The molecular formula is C15H22ClN3O. The molecule has 1 aliphatic rings. The van der Waals surface area contributed by atoms with Gasteiger partial charge in [0, 0.05) is 18.2 Å². The highest BCUT2D eigenvalue weighted by Crippen LogP contribution is 2.32. The van der Waals surface area contributed by atoms with Crippen molar-refractivity contribution in [2.45, 2.75) is 45.1 Å². The van der Waals surface area contributed by atoms with Gasteiger partial charge in [0.15, 0.2) is 5.84 Å². The number of hydrogen-bond donors (Lipinski definition) is 2. The van der Waals surface area contributed by atoms with Crippen molar-refractivity contribution in [3.63, 3.8) is 0 Å². The molecule has 1 aliphatic heterocycles. The SMILES string of the molecule is CCC1CCCCCN1c1ccc(/C(N)=N/O)cc1Cl. The van der Waals surface area contributed by atoms with E-state index in [1.807, 2.05) is 12.1 Å². The monoisotopic (exact) mass is 295 g/mol. The van der Waals surface area contributed by atoms with Crippen LogP contribution >= 0.6 is 11.6 Å². The van der Waals surface area contributed by atoms with Crippen molar-refractivity contribution in [3.8, 4) is 0 Å². The molecule has 1 heterocycles. The number of benzene rings is 1. The van der Waals surface area contributed by atoms with Crippen LogP contribution in [-0.4, -0.2) is 23.6 Å². The number of amidine groups is 1. The molecule has 1 aromatic carbocycles. The lowest BCUT2D eigenvalue weighted by Crippen LogP contribution is -2.34. The molecule has 0 aliphatic carbocycles. The van der Waals surface area contributed by atoms with Crippen molar-refractivity contribution < 1.29 is 5.21 Å². The number of hydrogen-bond acceptors (Lipinski definition) is 3. The van der Waals surface area contributed by atoms with E-state index in [1.165, 1.54) is 25.7 Å². The van der Waals surface area contributed by atoms with E-state index in [-0.39, 0.29) is 5.84 Å². The summed E-state index contributed by atoms with van der Waals surface area (Å²) < 4.78 is 0. The Hall–Kier alpha value is -1.42. The molecular weight excluding hydrogens is 274 g/mol. The molecule has 1 saturated heterocycles. The Morgan fingerprint density at radius 1 is 1.45 bits per heavy atom. The maximum Gasteiger partial charge on any atom is 0.170 e. The molecule has 20 heavy (non-hydrogen) atoms. The zero-order chi connectivity index (χ0) is 14.5. The average molecular weight is 296 g/mol. The fourth-order valence-electron chi connectivity index (χ4n) is 2.88. The van der Waals surface area contributed by atoms with E-state index in [4.69, 9.17) is 22.5 Å². The smallest absolute Gasteiger partial charge is 0.170 e. The quantitative estimate of drug-likeness (QED) is 0.388. The van der Waals surface area contributed by atoms with E-state index in [0.717, 1.165) is 18.7 Å². The van der Waals surface area contributed by atoms with Crippen LogP contribution in [0.25, 0.3) is 0 Å². The van der Waals surface area contributed by atoms with Gasteiger partial charge in [0.1, 0.15) is 0 Å². The lowest BCUT2D eigenvalue weighted by atomic mass is 10.1. The van der Waals surface area contributed by atoms with E-state index < -0.39 is 0 Å². The molecule has 0 amide bonds. The Balaban J connectivity index is 2.31. The van der Waals surface area contributed by atoms with Gasteiger partial charge in [0.25, 0.3) is 0 Å². The lowest BCUT2D eigenvalue weighted by molar-refractivity contribution is 0.318. The number of anilines is 1. The van der Waals surface area contributed by atoms with Crippen LogP contribution in [0, 0.1) is 0 Å².